The van der Waals surface area contributed by atoms with Crippen molar-refractivity contribution in [2.45, 2.75) is 31.8 Å². The Balaban J connectivity index is 0.548. The van der Waals surface area contributed by atoms with E-state index in [1.165, 1.54) is 38.4 Å². The molecule has 4 aromatic carbocycles. The molecule has 1 aliphatic carbocycles. The normalized spacial score (nSPS) is 11.5. The van der Waals surface area contributed by atoms with E-state index < -0.39 is 41.7 Å². The summed E-state index contributed by atoms with van der Waals surface area (Å²) in [6, 6.07) is 33.9. The van der Waals surface area contributed by atoms with Crippen LogP contribution in [0.1, 0.15) is 73.6 Å². The third-order valence-electron chi connectivity index (χ3n) is 15.4. The monoisotopic (exact) mass is 1440 g/mol. The lowest BCUT2D eigenvalue weighted by molar-refractivity contribution is -0.121. The van der Waals surface area contributed by atoms with Crippen molar-refractivity contribution in [3.8, 4) is 16.9 Å². The summed E-state index contributed by atoms with van der Waals surface area (Å²) in [4.78, 5) is 110. The van der Waals surface area contributed by atoms with Gasteiger partial charge in [0.2, 0.25) is 29.4 Å². The zero-order chi connectivity index (χ0) is 73.5. The van der Waals surface area contributed by atoms with Gasteiger partial charge in [-0.2, -0.15) is 0 Å². The maximum atomic E-state index is 13.3. The number of aryl methyl sites for hydroxylation is 3. The quantitative estimate of drug-likeness (QED) is 0.0216. The van der Waals surface area contributed by atoms with Crippen LogP contribution in [-0.2, 0) is 89.5 Å². The summed E-state index contributed by atoms with van der Waals surface area (Å²) in [5.74, 6) is -2.21. The minimum atomic E-state index is -0.654. The number of nitrogens with one attached hydrogen (secondary N) is 8. The number of amides is 8. The maximum absolute atomic E-state index is 13.3. The lowest BCUT2D eigenvalue weighted by Gasteiger charge is -2.14. The first-order valence-electron chi connectivity index (χ1n) is 34.1. The minimum absolute atomic E-state index is 0.00292. The predicted octanol–water partition coefficient (Wildman–Crippen LogP) is 5.57. The number of rotatable bonds is 48. The number of hydrogen-bond acceptors (Lipinski definition) is 21. The zero-order valence-corrected chi connectivity index (χ0v) is 58.6. The van der Waals surface area contributed by atoms with Gasteiger partial charge in [-0.05, 0) is 58.1 Å². The third-order valence-corrected chi connectivity index (χ3v) is 15.4. The van der Waals surface area contributed by atoms with Gasteiger partial charge in [-0.25, -0.2) is 19.6 Å². The Bertz CT molecular complexity index is 3820. The van der Waals surface area contributed by atoms with Gasteiger partial charge < -0.3 is 103 Å². The minimum Gasteiger partial charge on any atom is -0.491 e. The van der Waals surface area contributed by atoms with Crippen molar-refractivity contribution >= 4 is 70.6 Å². The van der Waals surface area contributed by atoms with Crippen molar-refractivity contribution in [2.75, 3.05) is 166 Å². The van der Waals surface area contributed by atoms with Crippen molar-refractivity contribution in [1.82, 2.24) is 44.9 Å². The molecular formula is C72H91N13O19. The molecule has 3 heterocycles. The van der Waals surface area contributed by atoms with E-state index in [0.29, 0.717) is 117 Å². The molecule has 8 amide bonds. The molecule has 32 nitrogen and oxygen atoms in total. The molecule has 0 saturated heterocycles. The molecule has 0 saturated carbocycles. The summed E-state index contributed by atoms with van der Waals surface area (Å²) in [6.07, 6.45) is 3.03. The van der Waals surface area contributed by atoms with Crippen LogP contribution in [0, 0.1) is 0 Å². The van der Waals surface area contributed by atoms with Crippen LogP contribution in [-0.4, -0.2) is 216 Å². The molecule has 0 atom stereocenters. The second kappa shape index (κ2) is 44.0. The summed E-state index contributed by atoms with van der Waals surface area (Å²) in [7, 11) is 4.76. The lowest BCUT2D eigenvalue weighted by atomic mass is 9.98. The average molecular weight is 1440 g/mol. The van der Waals surface area contributed by atoms with Crippen molar-refractivity contribution in [1.29, 1.82) is 0 Å². The molecule has 3 aromatic heterocycles. The Morgan fingerprint density at radius 1 is 0.394 bits per heavy atom. The first kappa shape index (κ1) is 79.1. The highest BCUT2D eigenvalue weighted by molar-refractivity contribution is 6.04. The summed E-state index contributed by atoms with van der Waals surface area (Å²) in [6.45, 7) is 7.27. The van der Waals surface area contributed by atoms with Crippen LogP contribution in [0.2, 0.25) is 0 Å². The molecular weight excluding hydrogens is 1350 g/mol. The molecule has 104 heavy (non-hydrogen) atoms. The number of ether oxygens (including phenoxy) is 11. The summed E-state index contributed by atoms with van der Waals surface area (Å²) in [5, 5.41) is 21.3. The SMILES string of the molecule is Cn1cc(NC(=O)c2nc(NC(=O)CCNC(=O)OCC3c4ccccc4-c4ccccc43)cn2C)cc1C(=O)NCCC(=O)Nc1cn(C)c(C(=O)NCCC(=O)NCCOCCOCCOCCOCCOCCOCCOCCOCCOc2ccc(NC(=O)OCc3ccccc3)cc2)n1. The number of hydrogen-bond donors (Lipinski definition) is 8. The van der Waals surface area contributed by atoms with Crippen molar-refractivity contribution in [3.05, 3.63) is 162 Å². The predicted molar refractivity (Wildman–Crippen MR) is 380 cm³/mol. The van der Waals surface area contributed by atoms with Gasteiger partial charge >= 0.3 is 12.2 Å². The van der Waals surface area contributed by atoms with Gasteiger partial charge in [0.05, 0.1) is 111 Å². The maximum Gasteiger partial charge on any atom is 0.411 e. The van der Waals surface area contributed by atoms with Crippen LogP contribution in [0.3, 0.4) is 0 Å². The second-order valence-electron chi connectivity index (χ2n) is 23.2. The summed E-state index contributed by atoms with van der Waals surface area (Å²) in [5.41, 5.74) is 6.35. The number of fused-ring (bicyclic) bond motifs is 3. The fourth-order valence-electron chi connectivity index (χ4n) is 10.3. The molecule has 32 heteroatoms. The molecule has 8 rings (SSSR count). The number of anilines is 4. The fraction of sp³-hybridized carbons (Fsp3) is 0.417. The average Bonchev–Trinajstić information content (AvgIpc) is 1.62. The molecule has 0 unspecified atom stereocenters. The smallest absolute Gasteiger partial charge is 0.411 e. The Morgan fingerprint density at radius 2 is 0.856 bits per heavy atom. The lowest BCUT2D eigenvalue weighted by Crippen LogP contribution is -2.33. The Hall–Kier alpha value is -10.6. The van der Waals surface area contributed by atoms with Crippen molar-refractivity contribution in [2.24, 2.45) is 21.1 Å². The molecule has 0 aliphatic heterocycles. The molecule has 0 radical (unpaired) electrons. The van der Waals surface area contributed by atoms with Gasteiger partial charge in [0.25, 0.3) is 17.7 Å². The summed E-state index contributed by atoms with van der Waals surface area (Å²) < 4.78 is 65.0. The van der Waals surface area contributed by atoms with Crippen LogP contribution in [0.25, 0.3) is 11.1 Å². The Labute approximate surface area is 601 Å². The molecule has 558 valence electrons. The standard InChI is InChI=1S/C72H91N13O19/c1-83-46-53(77-70(91)67-82-62(48-85(67)3)80-65(88)23-26-76-71(92)104-50-59-57-15-9-7-13-55(57)56-14-8-10-16-58(56)59)45-60(83)68(89)74-25-22-64(87)79-61-47-84(2)66(81-61)69(90)75-24-21-63(86)73-27-28-94-29-30-95-31-32-96-33-34-97-35-36-98-37-38-99-39-40-100-41-42-101-43-44-102-54-19-17-52(18-20-54)78-72(93)103-49-51-11-5-4-6-12-51/h4-20,45-48,59H,21-44,49-50H2,1-3H3,(H,73,86)(H,74,89)(H,75,90)(H,76,92)(H,77,91)(H,78,93)(H,79,87)(H,80,88). The van der Waals surface area contributed by atoms with Gasteiger partial charge in [0.15, 0.2) is 11.6 Å². The highest BCUT2D eigenvalue weighted by atomic mass is 16.6. The zero-order valence-electron chi connectivity index (χ0n) is 58.6. The van der Waals surface area contributed by atoms with Crippen LogP contribution in [0.4, 0.5) is 32.6 Å². The van der Waals surface area contributed by atoms with E-state index in [2.05, 4.69) is 52.5 Å². The topological polar surface area (TPSA) is 375 Å². The highest BCUT2D eigenvalue weighted by Gasteiger charge is 2.29. The van der Waals surface area contributed by atoms with Crippen molar-refractivity contribution < 1.29 is 90.5 Å². The van der Waals surface area contributed by atoms with E-state index in [9.17, 15) is 38.4 Å². The van der Waals surface area contributed by atoms with Gasteiger partial charge in [0.1, 0.15) is 31.3 Å². The van der Waals surface area contributed by atoms with Gasteiger partial charge in [0, 0.05) is 96.8 Å². The van der Waals surface area contributed by atoms with E-state index >= 15 is 0 Å². The number of aromatic nitrogens is 5. The first-order valence-corrected chi connectivity index (χ1v) is 34.1. The largest absolute Gasteiger partial charge is 0.491 e. The highest BCUT2D eigenvalue weighted by Crippen LogP contribution is 2.44. The molecule has 8 N–H and O–H groups in total. The number of carbonyl (C=O) groups is 8. The number of benzene rings is 4. The van der Waals surface area contributed by atoms with E-state index in [1.807, 2.05) is 78.9 Å². The Kier molecular flexibility index (Phi) is 33.5. The first-order chi connectivity index (χ1) is 50.7. The van der Waals surface area contributed by atoms with E-state index in [4.69, 9.17) is 52.1 Å². The fourth-order valence-corrected chi connectivity index (χ4v) is 10.3. The van der Waals surface area contributed by atoms with Crippen LogP contribution < -0.4 is 47.3 Å². The molecule has 7 aromatic rings. The number of nitrogens with zero attached hydrogens (tertiary/aromatic N) is 5. The van der Waals surface area contributed by atoms with E-state index in [0.717, 1.165) is 27.8 Å². The molecule has 0 fully saturated rings. The summed E-state index contributed by atoms with van der Waals surface area (Å²) >= 11 is 0. The van der Waals surface area contributed by atoms with Gasteiger partial charge in [-0.1, -0.05) is 78.9 Å². The molecule has 0 bridgehead atoms. The third kappa shape index (κ3) is 27.6. The molecule has 1 aliphatic rings. The van der Waals surface area contributed by atoms with E-state index in [1.54, 1.807) is 45.4 Å². The molecule has 0 spiro atoms. The van der Waals surface area contributed by atoms with Gasteiger partial charge in [-0.3, -0.25) is 34.1 Å². The number of alkyl carbamates (subject to hydrolysis) is 1. The number of imidazole rings is 2. The van der Waals surface area contributed by atoms with Crippen LogP contribution in [0.15, 0.2) is 128 Å². The number of carbonyl (C=O) groups excluding carboxylic acids is 8. The van der Waals surface area contributed by atoms with Crippen LogP contribution >= 0.6 is 0 Å². The van der Waals surface area contributed by atoms with E-state index in [-0.39, 0.29) is 112 Å². The van der Waals surface area contributed by atoms with Crippen LogP contribution in [0.5, 0.6) is 5.75 Å². The van der Waals surface area contributed by atoms with Gasteiger partial charge in [-0.15, -0.1) is 0 Å². The second-order valence-corrected chi connectivity index (χ2v) is 23.2. The Morgan fingerprint density at radius 3 is 1.39 bits per heavy atom. The van der Waals surface area contributed by atoms with Crippen molar-refractivity contribution in [3.63, 3.8) is 0 Å².